The van der Waals surface area contributed by atoms with Gasteiger partial charge in [-0.3, -0.25) is 4.79 Å². The van der Waals surface area contributed by atoms with Crippen molar-refractivity contribution in [2.75, 3.05) is 13.7 Å². The summed E-state index contributed by atoms with van der Waals surface area (Å²) in [6.45, 7) is 2.86. The van der Waals surface area contributed by atoms with E-state index in [9.17, 15) is 4.79 Å². The number of aryl methyl sites for hydroxylation is 1. The van der Waals surface area contributed by atoms with Gasteiger partial charge in [-0.05, 0) is 18.1 Å². The zero-order valence-electron chi connectivity index (χ0n) is 9.75. The van der Waals surface area contributed by atoms with Gasteiger partial charge in [-0.1, -0.05) is 19.1 Å². The van der Waals surface area contributed by atoms with E-state index in [1.54, 1.807) is 7.11 Å². The molecule has 0 aliphatic rings. The fourth-order valence-corrected chi connectivity index (χ4v) is 1.51. The van der Waals surface area contributed by atoms with Gasteiger partial charge < -0.3 is 15.8 Å². The van der Waals surface area contributed by atoms with Gasteiger partial charge in [0.1, 0.15) is 5.75 Å². The molecular formula is C12H18N2O2. The summed E-state index contributed by atoms with van der Waals surface area (Å²) in [5.41, 5.74) is 7.34. The van der Waals surface area contributed by atoms with E-state index in [1.165, 1.54) is 5.56 Å². The van der Waals surface area contributed by atoms with Gasteiger partial charge in [0.15, 0.2) is 0 Å². The maximum Gasteiger partial charge on any atom is 0.231 e. The summed E-state index contributed by atoms with van der Waals surface area (Å²) < 4.78 is 5.25. The molecule has 0 heterocycles. The summed E-state index contributed by atoms with van der Waals surface area (Å²) >= 11 is 0. The van der Waals surface area contributed by atoms with Gasteiger partial charge in [-0.2, -0.15) is 0 Å². The number of methoxy groups -OCH3 is 1. The summed E-state index contributed by atoms with van der Waals surface area (Å²) in [6.07, 6.45) is 0.979. The Hall–Kier alpha value is -1.55. The van der Waals surface area contributed by atoms with Crippen LogP contribution in [0.2, 0.25) is 0 Å². The lowest BCUT2D eigenvalue weighted by Crippen LogP contribution is -2.28. The molecule has 1 rings (SSSR count). The first-order valence-corrected chi connectivity index (χ1v) is 5.32. The van der Waals surface area contributed by atoms with E-state index in [2.05, 4.69) is 18.3 Å². The predicted octanol–water partition coefficient (Wildman–Crippen LogP) is 0.833. The third kappa shape index (κ3) is 3.55. The van der Waals surface area contributed by atoms with Crippen molar-refractivity contribution in [2.45, 2.75) is 19.9 Å². The predicted molar refractivity (Wildman–Crippen MR) is 63.3 cm³/mol. The van der Waals surface area contributed by atoms with Crippen LogP contribution in [0, 0.1) is 0 Å². The van der Waals surface area contributed by atoms with E-state index in [4.69, 9.17) is 10.5 Å². The highest BCUT2D eigenvalue weighted by atomic mass is 16.5. The summed E-state index contributed by atoms with van der Waals surface area (Å²) in [5, 5.41) is 2.97. The smallest absolute Gasteiger partial charge is 0.231 e. The van der Waals surface area contributed by atoms with E-state index in [1.807, 2.05) is 12.1 Å². The van der Waals surface area contributed by atoms with Crippen LogP contribution in [0.4, 0.5) is 0 Å². The normalized spacial score (nSPS) is 10.1. The van der Waals surface area contributed by atoms with Crippen molar-refractivity contribution in [1.29, 1.82) is 0 Å². The van der Waals surface area contributed by atoms with Crippen molar-refractivity contribution in [3.8, 4) is 5.75 Å². The number of hydrogen-bond acceptors (Lipinski definition) is 3. The Morgan fingerprint density at radius 3 is 2.81 bits per heavy atom. The number of hydrogen-bond donors (Lipinski definition) is 2. The first-order valence-electron chi connectivity index (χ1n) is 5.32. The highest BCUT2D eigenvalue weighted by Gasteiger charge is 2.04. The molecular weight excluding hydrogens is 204 g/mol. The molecule has 0 spiro atoms. The van der Waals surface area contributed by atoms with Crippen LogP contribution in [-0.2, 0) is 17.8 Å². The van der Waals surface area contributed by atoms with Crippen LogP contribution in [0.25, 0.3) is 0 Å². The minimum Gasteiger partial charge on any atom is -0.496 e. The SMILES string of the molecule is CCc1ccc(OC)c(CNCC(N)=O)c1. The number of amides is 1. The van der Waals surface area contributed by atoms with Crippen LogP contribution in [-0.4, -0.2) is 19.6 Å². The Morgan fingerprint density at radius 2 is 2.25 bits per heavy atom. The zero-order valence-corrected chi connectivity index (χ0v) is 9.75. The van der Waals surface area contributed by atoms with Gasteiger partial charge in [0.25, 0.3) is 0 Å². The number of rotatable bonds is 6. The number of benzene rings is 1. The van der Waals surface area contributed by atoms with Crippen molar-refractivity contribution < 1.29 is 9.53 Å². The number of primary amides is 1. The van der Waals surface area contributed by atoms with Gasteiger partial charge in [-0.15, -0.1) is 0 Å². The fraction of sp³-hybridized carbons (Fsp3) is 0.417. The minimum atomic E-state index is -0.356. The van der Waals surface area contributed by atoms with Crippen molar-refractivity contribution in [1.82, 2.24) is 5.32 Å². The minimum absolute atomic E-state index is 0.180. The second kappa shape index (κ2) is 6.12. The van der Waals surface area contributed by atoms with Crippen LogP contribution in [0.15, 0.2) is 18.2 Å². The van der Waals surface area contributed by atoms with Crippen LogP contribution >= 0.6 is 0 Å². The number of carbonyl (C=O) groups excluding carboxylic acids is 1. The molecule has 0 saturated heterocycles. The van der Waals surface area contributed by atoms with E-state index >= 15 is 0 Å². The second-order valence-electron chi connectivity index (χ2n) is 3.57. The highest BCUT2D eigenvalue weighted by Crippen LogP contribution is 2.19. The lowest BCUT2D eigenvalue weighted by Gasteiger charge is -2.10. The molecule has 88 valence electrons. The molecule has 0 unspecified atom stereocenters. The lowest BCUT2D eigenvalue weighted by atomic mass is 10.1. The Labute approximate surface area is 95.8 Å². The monoisotopic (exact) mass is 222 g/mol. The Morgan fingerprint density at radius 1 is 1.50 bits per heavy atom. The van der Waals surface area contributed by atoms with Crippen molar-refractivity contribution in [3.63, 3.8) is 0 Å². The summed E-state index contributed by atoms with van der Waals surface area (Å²) in [5.74, 6) is 0.472. The van der Waals surface area contributed by atoms with E-state index in [0.717, 1.165) is 17.7 Å². The summed E-state index contributed by atoms with van der Waals surface area (Å²) in [6, 6.07) is 6.06. The maximum atomic E-state index is 10.6. The molecule has 0 aliphatic heterocycles. The zero-order chi connectivity index (χ0) is 12.0. The maximum absolute atomic E-state index is 10.6. The standard InChI is InChI=1S/C12H18N2O2/c1-3-9-4-5-11(16-2)10(6-9)7-14-8-12(13)15/h4-6,14H,3,7-8H2,1-2H3,(H2,13,15). The average molecular weight is 222 g/mol. The van der Waals surface area contributed by atoms with Gasteiger partial charge in [0.2, 0.25) is 5.91 Å². The number of nitrogens with two attached hydrogens (primary N) is 1. The molecule has 0 atom stereocenters. The first-order chi connectivity index (χ1) is 7.67. The molecule has 1 aromatic rings. The van der Waals surface area contributed by atoms with Crippen LogP contribution < -0.4 is 15.8 Å². The van der Waals surface area contributed by atoms with E-state index in [-0.39, 0.29) is 12.5 Å². The molecule has 0 aliphatic carbocycles. The molecule has 4 nitrogen and oxygen atoms in total. The largest absolute Gasteiger partial charge is 0.496 e. The van der Waals surface area contributed by atoms with E-state index in [0.29, 0.717) is 6.54 Å². The van der Waals surface area contributed by atoms with Crippen molar-refractivity contribution in [3.05, 3.63) is 29.3 Å². The van der Waals surface area contributed by atoms with Crippen molar-refractivity contribution >= 4 is 5.91 Å². The molecule has 0 fully saturated rings. The first kappa shape index (κ1) is 12.5. The molecule has 4 heteroatoms. The molecule has 0 aromatic heterocycles. The van der Waals surface area contributed by atoms with Gasteiger partial charge in [-0.25, -0.2) is 0 Å². The number of ether oxygens (including phenoxy) is 1. The van der Waals surface area contributed by atoms with E-state index < -0.39 is 0 Å². The summed E-state index contributed by atoms with van der Waals surface area (Å²) in [7, 11) is 1.64. The van der Waals surface area contributed by atoms with Crippen LogP contribution in [0.3, 0.4) is 0 Å². The Bertz CT molecular complexity index is 364. The van der Waals surface area contributed by atoms with Crippen LogP contribution in [0.1, 0.15) is 18.1 Å². The lowest BCUT2D eigenvalue weighted by molar-refractivity contribution is -0.117. The number of carbonyl (C=O) groups is 1. The molecule has 1 aromatic carbocycles. The average Bonchev–Trinajstić information content (AvgIpc) is 2.28. The molecule has 0 saturated carbocycles. The molecule has 16 heavy (non-hydrogen) atoms. The Balaban J connectivity index is 2.71. The highest BCUT2D eigenvalue weighted by molar-refractivity contribution is 5.75. The van der Waals surface area contributed by atoms with Gasteiger partial charge in [0, 0.05) is 12.1 Å². The molecule has 0 radical (unpaired) electrons. The van der Waals surface area contributed by atoms with Gasteiger partial charge in [0.05, 0.1) is 13.7 Å². The second-order valence-corrected chi connectivity index (χ2v) is 3.57. The quantitative estimate of drug-likeness (QED) is 0.749. The Kier molecular flexibility index (Phi) is 4.79. The molecule has 0 bridgehead atoms. The topological polar surface area (TPSA) is 64.3 Å². The number of nitrogens with one attached hydrogen (secondary N) is 1. The molecule has 3 N–H and O–H groups in total. The third-order valence-electron chi connectivity index (χ3n) is 2.37. The molecule has 1 amide bonds. The summed E-state index contributed by atoms with van der Waals surface area (Å²) in [4.78, 5) is 10.6. The third-order valence-corrected chi connectivity index (χ3v) is 2.37. The van der Waals surface area contributed by atoms with Crippen LogP contribution in [0.5, 0.6) is 5.75 Å². The van der Waals surface area contributed by atoms with Gasteiger partial charge >= 0.3 is 0 Å². The fourth-order valence-electron chi connectivity index (χ4n) is 1.51. The van der Waals surface area contributed by atoms with Crippen molar-refractivity contribution in [2.24, 2.45) is 5.73 Å².